The van der Waals surface area contributed by atoms with Crippen molar-refractivity contribution in [3.8, 4) is 0 Å². The Bertz CT molecular complexity index is 1230. The van der Waals surface area contributed by atoms with Crippen LogP contribution in [0.2, 0.25) is 0 Å². The molecule has 2 heterocycles. The standard InChI is InChI=1S/C29H29NO4/c1-3-19-10-12-20(13-11-19)17-34-29(32)26-18(2)30-23-15-22(21-7-4-5-8-21)16-24(31)27(23)28(26)25-9-6-14-33-25/h4-7,9-14,22,28,30H,3,8,15-17H2,1-2H3. The van der Waals surface area contributed by atoms with E-state index in [2.05, 4.69) is 30.5 Å². The van der Waals surface area contributed by atoms with E-state index < -0.39 is 11.9 Å². The van der Waals surface area contributed by atoms with Crippen molar-refractivity contribution in [2.24, 2.45) is 5.92 Å². The van der Waals surface area contributed by atoms with E-state index in [1.165, 1.54) is 11.1 Å². The highest BCUT2D eigenvalue weighted by atomic mass is 16.5. The van der Waals surface area contributed by atoms with Gasteiger partial charge in [0.1, 0.15) is 12.4 Å². The molecule has 34 heavy (non-hydrogen) atoms. The molecule has 2 aromatic rings. The predicted molar refractivity (Wildman–Crippen MR) is 129 cm³/mol. The number of furan rings is 1. The maximum Gasteiger partial charge on any atom is 0.337 e. The van der Waals surface area contributed by atoms with Gasteiger partial charge >= 0.3 is 5.97 Å². The molecule has 0 radical (unpaired) electrons. The predicted octanol–water partition coefficient (Wildman–Crippen LogP) is 5.67. The van der Waals surface area contributed by atoms with Crippen LogP contribution in [-0.4, -0.2) is 11.8 Å². The van der Waals surface area contributed by atoms with Crippen LogP contribution in [0.4, 0.5) is 0 Å². The fourth-order valence-corrected chi connectivity index (χ4v) is 5.18. The van der Waals surface area contributed by atoms with Crippen LogP contribution in [-0.2, 0) is 27.4 Å². The Kier molecular flexibility index (Phi) is 6.10. The first-order valence-corrected chi connectivity index (χ1v) is 11.9. The molecular formula is C29H29NO4. The number of rotatable bonds is 6. The van der Waals surface area contributed by atoms with Gasteiger partial charge in [-0.15, -0.1) is 0 Å². The summed E-state index contributed by atoms with van der Waals surface area (Å²) in [6.07, 6.45) is 10.9. The Hall–Kier alpha value is -3.60. The van der Waals surface area contributed by atoms with Crippen LogP contribution in [0, 0.1) is 5.92 Å². The molecule has 3 aliphatic rings. The summed E-state index contributed by atoms with van der Waals surface area (Å²) in [6.45, 7) is 4.15. The molecule has 2 atom stereocenters. The molecule has 0 saturated carbocycles. The second-order valence-electron chi connectivity index (χ2n) is 9.15. The molecule has 0 spiro atoms. The number of carbonyl (C=O) groups is 2. The van der Waals surface area contributed by atoms with Gasteiger partial charge in [-0.25, -0.2) is 4.79 Å². The summed E-state index contributed by atoms with van der Waals surface area (Å²) in [4.78, 5) is 26.8. The lowest BCUT2D eigenvalue weighted by atomic mass is 9.73. The van der Waals surface area contributed by atoms with Crippen LogP contribution in [0.1, 0.15) is 55.9 Å². The minimum Gasteiger partial charge on any atom is -0.468 e. The van der Waals surface area contributed by atoms with Gasteiger partial charge in [-0.1, -0.05) is 55.0 Å². The van der Waals surface area contributed by atoms with Gasteiger partial charge in [-0.3, -0.25) is 4.79 Å². The van der Waals surface area contributed by atoms with Crippen molar-refractivity contribution in [2.75, 3.05) is 0 Å². The van der Waals surface area contributed by atoms with Crippen molar-refractivity contribution in [1.29, 1.82) is 0 Å². The SMILES string of the molecule is CCc1ccc(COC(=O)C2=C(C)NC3=C(C(=O)CC(C4=CC=CC4)C3)C2c2ccco2)cc1. The first-order valence-electron chi connectivity index (χ1n) is 11.9. The van der Waals surface area contributed by atoms with E-state index in [9.17, 15) is 9.59 Å². The molecule has 2 unspecified atom stereocenters. The van der Waals surface area contributed by atoms with Crippen LogP contribution < -0.4 is 5.32 Å². The molecule has 1 aromatic heterocycles. The molecule has 2 aliphatic carbocycles. The van der Waals surface area contributed by atoms with E-state index in [0.29, 0.717) is 29.0 Å². The lowest BCUT2D eigenvalue weighted by Gasteiger charge is -2.36. The summed E-state index contributed by atoms with van der Waals surface area (Å²) in [6, 6.07) is 11.7. The number of nitrogens with one attached hydrogen (secondary N) is 1. The minimum atomic E-state index is -0.564. The molecule has 1 aromatic carbocycles. The second-order valence-corrected chi connectivity index (χ2v) is 9.15. The Morgan fingerprint density at radius 1 is 1.15 bits per heavy atom. The maximum absolute atomic E-state index is 13.5. The first kappa shape index (κ1) is 22.2. The van der Waals surface area contributed by atoms with Crippen molar-refractivity contribution >= 4 is 11.8 Å². The molecule has 0 amide bonds. The summed E-state index contributed by atoms with van der Waals surface area (Å²) >= 11 is 0. The number of ketones is 1. The average Bonchev–Trinajstić information content (AvgIpc) is 3.56. The van der Waals surface area contributed by atoms with E-state index >= 15 is 0 Å². The number of Topliss-reactive ketones (excluding diaryl/α,β-unsaturated/α-hetero) is 1. The topological polar surface area (TPSA) is 68.5 Å². The van der Waals surface area contributed by atoms with Crippen molar-refractivity contribution < 1.29 is 18.7 Å². The van der Waals surface area contributed by atoms with Gasteiger partial charge < -0.3 is 14.5 Å². The lowest BCUT2D eigenvalue weighted by Crippen LogP contribution is -2.36. The fraction of sp³-hybridized carbons (Fsp3) is 0.310. The number of hydrogen-bond acceptors (Lipinski definition) is 5. The van der Waals surface area contributed by atoms with Gasteiger partial charge in [0.25, 0.3) is 0 Å². The summed E-state index contributed by atoms with van der Waals surface area (Å²) in [5, 5.41) is 3.39. The zero-order valence-electron chi connectivity index (χ0n) is 19.6. The van der Waals surface area contributed by atoms with Crippen LogP contribution in [0.15, 0.2) is 93.4 Å². The third kappa shape index (κ3) is 4.18. The quantitative estimate of drug-likeness (QED) is 0.569. The van der Waals surface area contributed by atoms with Crippen LogP contribution in [0.5, 0.6) is 0 Å². The molecule has 0 bridgehead atoms. The molecule has 1 N–H and O–H groups in total. The minimum absolute atomic E-state index is 0.0564. The number of aryl methyl sites for hydroxylation is 1. The Labute approximate surface area is 199 Å². The number of dihydropyridines is 1. The highest BCUT2D eigenvalue weighted by molar-refractivity contribution is 6.04. The number of allylic oxidation sites excluding steroid dienone is 7. The number of carbonyl (C=O) groups excluding carboxylic acids is 2. The molecular weight excluding hydrogens is 426 g/mol. The van der Waals surface area contributed by atoms with Gasteiger partial charge in [0.2, 0.25) is 0 Å². The largest absolute Gasteiger partial charge is 0.468 e. The smallest absolute Gasteiger partial charge is 0.337 e. The molecule has 5 nitrogen and oxygen atoms in total. The van der Waals surface area contributed by atoms with E-state index in [1.807, 2.05) is 37.3 Å². The van der Waals surface area contributed by atoms with Crippen molar-refractivity contribution in [1.82, 2.24) is 5.32 Å². The van der Waals surface area contributed by atoms with Gasteiger partial charge in [-0.05, 0) is 55.4 Å². The van der Waals surface area contributed by atoms with E-state index in [1.54, 1.807) is 12.3 Å². The number of benzene rings is 1. The molecule has 0 saturated heterocycles. The Morgan fingerprint density at radius 3 is 2.62 bits per heavy atom. The van der Waals surface area contributed by atoms with Gasteiger partial charge in [0, 0.05) is 23.4 Å². The third-order valence-electron chi connectivity index (χ3n) is 7.00. The summed E-state index contributed by atoms with van der Waals surface area (Å²) in [5.41, 5.74) is 6.11. The van der Waals surface area contributed by atoms with Crippen molar-refractivity contribution in [2.45, 2.75) is 52.1 Å². The fourth-order valence-electron chi connectivity index (χ4n) is 5.18. The normalized spacial score (nSPS) is 21.9. The summed E-state index contributed by atoms with van der Waals surface area (Å²) < 4.78 is 11.5. The summed E-state index contributed by atoms with van der Waals surface area (Å²) in [7, 11) is 0. The van der Waals surface area contributed by atoms with E-state index in [4.69, 9.17) is 9.15 Å². The Morgan fingerprint density at radius 2 is 1.94 bits per heavy atom. The maximum atomic E-state index is 13.5. The molecule has 1 aliphatic heterocycles. The summed E-state index contributed by atoms with van der Waals surface area (Å²) in [5.74, 6) is -0.180. The molecule has 0 fully saturated rings. The van der Waals surface area contributed by atoms with Gasteiger partial charge in [0.15, 0.2) is 5.78 Å². The second kappa shape index (κ2) is 9.34. The van der Waals surface area contributed by atoms with E-state index in [0.717, 1.165) is 30.5 Å². The van der Waals surface area contributed by atoms with Gasteiger partial charge in [0.05, 0.1) is 17.8 Å². The number of esters is 1. The Balaban J connectivity index is 1.42. The zero-order valence-corrected chi connectivity index (χ0v) is 19.6. The molecule has 5 heteroatoms. The number of ether oxygens (including phenoxy) is 1. The highest BCUT2D eigenvalue weighted by Gasteiger charge is 2.42. The van der Waals surface area contributed by atoms with Gasteiger partial charge in [-0.2, -0.15) is 0 Å². The van der Waals surface area contributed by atoms with Crippen molar-refractivity contribution in [3.63, 3.8) is 0 Å². The monoisotopic (exact) mass is 455 g/mol. The zero-order chi connectivity index (χ0) is 23.7. The van der Waals surface area contributed by atoms with E-state index in [-0.39, 0.29) is 18.3 Å². The first-order chi connectivity index (χ1) is 16.5. The number of hydrogen-bond donors (Lipinski definition) is 1. The molecule has 5 rings (SSSR count). The van der Waals surface area contributed by atoms with Crippen molar-refractivity contribution in [3.05, 3.63) is 106 Å². The lowest BCUT2D eigenvalue weighted by molar-refractivity contribution is -0.140. The van der Waals surface area contributed by atoms with Crippen LogP contribution in [0.3, 0.4) is 0 Å². The highest BCUT2D eigenvalue weighted by Crippen LogP contribution is 2.45. The average molecular weight is 456 g/mol. The van der Waals surface area contributed by atoms with Crippen LogP contribution >= 0.6 is 0 Å². The molecule has 174 valence electrons. The third-order valence-corrected chi connectivity index (χ3v) is 7.00. The van der Waals surface area contributed by atoms with Crippen LogP contribution in [0.25, 0.3) is 0 Å².